The van der Waals surface area contributed by atoms with Crippen molar-refractivity contribution >= 4 is 52.4 Å². The average Bonchev–Trinajstić information content (AvgIpc) is 3.19. The monoisotopic (exact) mass is 490 g/mol. The molecular formula is C25H26N6O3S. The lowest BCUT2D eigenvalue weighted by Crippen LogP contribution is -2.38. The van der Waals surface area contributed by atoms with Crippen LogP contribution in [-0.4, -0.2) is 46.8 Å². The SMILES string of the molecule is C=NC(=NC1CCC(NC(=O)c2cccc3cccnc23)CC1)NC(=C\C)/C=C1\SC(=O)NC1=O. The summed E-state index contributed by atoms with van der Waals surface area (Å²) in [6, 6.07) is 9.50. The fraction of sp³-hybridized carbons (Fsp3) is 0.280. The number of fused-ring (bicyclic) bond motifs is 1. The van der Waals surface area contributed by atoms with Crippen LogP contribution in [0.4, 0.5) is 4.79 Å². The topological polar surface area (TPSA) is 125 Å². The Kier molecular flexibility index (Phi) is 7.71. The Hall–Kier alpha value is -3.79. The molecule has 2 aromatic rings. The number of para-hydroxylation sites is 1. The number of benzene rings is 1. The predicted molar refractivity (Wildman–Crippen MR) is 138 cm³/mol. The number of aliphatic imine (C=N–C) groups is 2. The van der Waals surface area contributed by atoms with Gasteiger partial charge < -0.3 is 10.6 Å². The van der Waals surface area contributed by atoms with E-state index in [1.54, 1.807) is 31.3 Å². The maximum absolute atomic E-state index is 12.9. The molecule has 4 rings (SSSR count). The summed E-state index contributed by atoms with van der Waals surface area (Å²) in [4.78, 5) is 49.4. The van der Waals surface area contributed by atoms with Crippen molar-refractivity contribution in [1.82, 2.24) is 20.9 Å². The van der Waals surface area contributed by atoms with Gasteiger partial charge in [-0.25, -0.2) is 9.98 Å². The Bertz CT molecular complexity index is 1260. The zero-order valence-corrected chi connectivity index (χ0v) is 20.1. The van der Waals surface area contributed by atoms with E-state index in [0.29, 0.717) is 27.6 Å². The molecule has 1 aromatic heterocycles. The number of aromatic nitrogens is 1. The highest BCUT2D eigenvalue weighted by Gasteiger charge is 2.26. The van der Waals surface area contributed by atoms with E-state index in [1.165, 1.54) is 0 Å². The number of guanidine groups is 1. The van der Waals surface area contributed by atoms with E-state index in [4.69, 9.17) is 0 Å². The van der Waals surface area contributed by atoms with E-state index in [-0.39, 0.29) is 18.0 Å². The van der Waals surface area contributed by atoms with Crippen LogP contribution in [0, 0.1) is 0 Å². The van der Waals surface area contributed by atoms with Crippen LogP contribution < -0.4 is 16.0 Å². The van der Waals surface area contributed by atoms with Crippen LogP contribution in [-0.2, 0) is 4.79 Å². The van der Waals surface area contributed by atoms with Crippen molar-refractivity contribution in [3.8, 4) is 0 Å². The van der Waals surface area contributed by atoms with E-state index < -0.39 is 11.1 Å². The molecule has 1 aromatic carbocycles. The molecule has 0 bridgehead atoms. The summed E-state index contributed by atoms with van der Waals surface area (Å²) >= 11 is 0.848. The van der Waals surface area contributed by atoms with Gasteiger partial charge in [-0.2, -0.15) is 0 Å². The van der Waals surface area contributed by atoms with Crippen LogP contribution in [0.5, 0.6) is 0 Å². The number of amides is 3. The van der Waals surface area contributed by atoms with E-state index in [1.807, 2.05) is 24.3 Å². The van der Waals surface area contributed by atoms with Gasteiger partial charge in [-0.05, 0) is 69.3 Å². The molecule has 2 aliphatic rings. The van der Waals surface area contributed by atoms with Gasteiger partial charge in [0.25, 0.3) is 17.1 Å². The quantitative estimate of drug-likeness (QED) is 0.334. The normalized spacial score (nSPS) is 22.3. The molecule has 10 heteroatoms. The van der Waals surface area contributed by atoms with Crippen molar-refractivity contribution < 1.29 is 14.4 Å². The molecule has 35 heavy (non-hydrogen) atoms. The molecule has 2 fully saturated rings. The summed E-state index contributed by atoms with van der Waals surface area (Å²) < 4.78 is 0. The molecule has 1 saturated heterocycles. The van der Waals surface area contributed by atoms with Crippen LogP contribution in [0.2, 0.25) is 0 Å². The first kappa shape index (κ1) is 24.3. The lowest BCUT2D eigenvalue weighted by Gasteiger charge is -2.27. The highest BCUT2D eigenvalue weighted by Crippen LogP contribution is 2.25. The number of thioether (sulfide) groups is 1. The number of carbonyl (C=O) groups is 3. The fourth-order valence-corrected chi connectivity index (χ4v) is 4.74. The molecule has 3 amide bonds. The third-order valence-electron chi connectivity index (χ3n) is 5.86. The Morgan fingerprint density at radius 3 is 2.66 bits per heavy atom. The molecule has 3 N–H and O–H groups in total. The van der Waals surface area contributed by atoms with E-state index >= 15 is 0 Å². The van der Waals surface area contributed by atoms with Gasteiger partial charge in [0.15, 0.2) is 0 Å². The van der Waals surface area contributed by atoms with Gasteiger partial charge in [0.2, 0.25) is 5.96 Å². The highest BCUT2D eigenvalue weighted by atomic mass is 32.2. The molecule has 1 aliphatic heterocycles. The molecule has 9 nitrogen and oxygen atoms in total. The maximum Gasteiger partial charge on any atom is 0.290 e. The largest absolute Gasteiger partial charge is 0.349 e. The van der Waals surface area contributed by atoms with Crippen LogP contribution >= 0.6 is 11.8 Å². The van der Waals surface area contributed by atoms with Crippen LogP contribution in [0.15, 0.2) is 69.3 Å². The van der Waals surface area contributed by atoms with Gasteiger partial charge in [0, 0.05) is 23.3 Å². The Balaban J connectivity index is 1.34. The third kappa shape index (κ3) is 6.02. The van der Waals surface area contributed by atoms with E-state index in [2.05, 4.69) is 37.6 Å². The average molecular weight is 491 g/mol. The molecule has 0 unspecified atom stereocenters. The molecule has 1 saturated carbocycles. The second-order valence-corrected chi connectivity index (χ2v) is 9.21. The fourth-order valence-electron chi connectivity index (χ4n) is 4.07. The van der Waals surface area contributed by atoms with Crippen molar-refractivity contribution in [3.05, 3.63) is 64.8 Å². The summed E-state index contributed by atoms with van der Waals surface area (Å²) in [5.74, 6) is -0.195. The van der Waals surface area contributed by atoms with Crippen molar-refractivity contribution in [2.75, 3.05) is 0 Å². The summed E-state index contributed by atoms with van der Waals surface area (Å²) in [5.41, 5.74) is 1.87. The van der Waals surface area contributed by atoms with Crippen molar-refractivity contribution in [2.24, 2.45) is 9.98 Å². The Morgan fingerprint density at radius 2 is 1.97 bits per heavy atom. The minimum absolute atomic E-state index is 0.0341. The molecule has 180 valence electrons. The number of pyridine rings is 1. The maximum atomic E-state index is 12.9. The second kappa shape index (κ2) is 11.1. The van der Waals surface area contributed by atoms with Gasteiger partial charge in [-0.1, -0.05) is 24.3 Å². The lowest BCUT2D eigenvalue weighted by atomic mass is 9.91. The minimum Gasteiger partial charge on any atom is -0.349 e. The zero-order valence-electron chi connectivity index (χ0n) is 19.3. The van der Waals surface area contributed by atoms with E-state index in [9.17, 15) is 14.4 Å². The molecule has 0 atom stereocenters. The van der Waals surface area contributed by atoms with Crippen LogP contribution in [0.1, 0.15) is 43.0 Å². The first-order valence-electron chi connectivity index (χ1n) is 11.3. The van der Waals surface area contributed by atoms with Crippen molar-refractivity contribution in [3.63, 3.8) is 0 Å². The number of carbonyl (C=O) groups excluding carboxylic acids is 3. The van der Waals surface area contributed by atoms with Gasteiger partial charge in [-0.3, -0.25) is 24.7 Å². The first-order chi connectivity index (χ1) is 17.0. The smallest absolute Gasteiger partial charge is 0.290 e. The number of rotatable bonds is 5. The molecule has 0 spiro atoms. The van der Waals surface area contributed by atoms with Gasteiger partial charge >= 0.3 is 0 Å². The number of imide groups is 1. The summed E-state index contributed by atoms with van der Waals surface area (Å²) in [5, 5.41) is 8.98. The summed E-state index contributed by atoms with van der Waals surface area (Å²) in [6.07, 6.45) is 8.21. The number of nitrogens with zero attached hydrogens (tertiary/aromatic N) is 3. The minimum atomic E-state index is -0.425. The Labute approximate surface area is 207 Å². The lowest BCUT2D eigenvalue weighted by molar-refractivity contribution is -0.115. The predicted octanol–water partition coefficient (Wildman–Crippen LogP) is 3.69. The van der Waals surface area contributed by atoms with Gasteiger partial charge in [0.1, 0.15) is 0 Å². The Morgan fingerprint density at radius 1 is 1.20 bits per heavy atom. The number of allylic oxidation sites excluding steroid dienone is 2. The van der Waals surface area contributed by atoms with Crippen LogP contribution in [0.3, 0.4) is 0 Å². The van der Waals surface area contributed by atoms with Gasteiger partial charge in [-0.15, -0.1) is 0 Å². The highest BCUT2D eigenvalue weighted by molar-refractivity contribution is 8.18. The zero-order chi connectivity index (χ0) is 24.8. The number of hydrogen-bond acceptors (Lipinski definition) is 6. The van der Waals surface area contributed by atoms with Crippen molar-refractivity contribution in [1.29, 1.82) is 0 Å². The number of hydrogen-bond donors (Lipinski definition) is 3. The summed E-state index contributed by atoms with van der Waals surface area (Å²) in [7, 11) is 0. The number of nitrogens with one attached hydrogen (secondary N) is 3. The third-order valence-corrected chi connectivity index (χ3v) is 6.67. The summed E-state index contributed by atoms with van der Waals surface area (Å²) in [6.45, 7) is 5.40. The molecule has 1 aliphatic carbocycles. The molecular weight excluding hydrogens is 464 g/mol. The second-order valence-electron chi connectivity index (χ2n) is 8.19. The van der Waals surface area contributed by atoms with E-state index in [0.717, 1.165) is 42.8 Å². The standard InChI is InChI=1S/C25H26N6O3S/c1-3-16(14-20-23(33)31-25(34)35-20)29-24(26-2)30-18-11-9-17(10-12-18)28-22(32)19-8-4-6-15-7-5-13-27-21(15)19/h3-8,13-14,17-18H,2,9-12H2,1H3,(H,28,32)(H,29,30)(H,31,33,34)/b16-3-,20-14-. The molecule has 0 radical (unpaired) electrons. The van der Waals surface area contributed by atoms with Crippen molar-refractivity contribution in [2.45, 2.75) is 44.7 Å². The van der Waals surface area contributed by atoms with Crippen LogP contribution in [0.25, 0.3) is 10.9 Å². The molecule has 2 heterocycles. The first-order valence-corrected chi connectivity index (χ1v) is 12.2. The van der Waals surface area contributed by atoms with Gasteiger partial charge in [0.05, 0.1) is 22.0 Å².